The van der Waals surface area contributed by atoms with Crippen molar-refractivity contribution < 1.29 is 28.5 Å². The molecule has 11 nitrogen and oxygen atoms in total. The van der Waals surface area contributed by atoms with Crippen molar-refractivity contribution in [2.75, 3.05) is 57.2 Å². The maximum Gasteiger partial charge on any atom is 0.311 e. The van der Waals surface area contributed by atoms with Crippen molar-refractivity contribution in [3.63, 3.8) is 0 Å². The number of para-hydroxylation sites is 1. The molecular weight excluding hydrogens is 490 g/mol. The number of anilines is 3. The van der Waals surface area contributed by atoms with Crippen molar-refractivity contribution in [3.8, 4) is 17.2 Å². The average molecular weight is 524 g/mol. The summed E-state index contributed by atoms with van der Waals surface area (Å²) in [6, 6.07) is 8.78. The number of hydrogen-bond donors (Lipinski definition) is 2. The molecule has 0 unspecified atom stereocenters. The summed E-state index contributed by atoms with van der Waals surface area (Å²) in [5.74, 6) is 1.10. The molecule has 38 heavy (non-hydrogen) atoms. The molecule has 2 heterocycles. The van der Waals surface area contributed by atoms with Crippen LogP contribution in [-0.4, -0.2) is 73.3 Å². The highest BCUT2D eigenvalue weighted by Gasteiger charge is 2.18. The number of amides is 1. The molecule has 1 fully saturated rings. The van der Waals surface area contributed by atoms with Crippen molar-refractivity contribution in [2.45, 2.75) is 26.7 Å². The van der Waals surface area contributed by atoms with Gasteiger partial charge >= 0.3 is 5.97 Å². The number of rotatable bonds is 11. The third kappa shape index (κ3) is 6.87. The zero-order chi connectivity index (χ0) is 26.9. The Morgan fingerprint density at radius 2 is 1.89 bits per heavy atom. The van der Waals surface area contributed by atoms with E-state index in [0.29, 0.717) is 46.2 Å². The molecule has 1 saturated heterocycles. The van der Waals surface area contributed by atoms with E-state index in [1.54, 1.807) is 38.3 Å². The summed E-state index contributed by atoms with van der Waals surface area (Å²) >= 11 is 0. The van der Waals surface area contributed by atoms with Crippen LogP contribution in [0, 0.1) is 0 Å². The van der Waals surface area contributed by atoms with Gasteiger partial charge < -0.3 is 29.6 Å². The number of ether oxygens (including phenoxy) is 4. The number of aromatic nitrogens is 2. The summed E-state index contributed by atoms with van der Waals surface area (Å²) in [5.41, 5.74) is 1.47. The predicted octanol–water partition coefficient (Wildman–Crippen LogP) is 3.76. The number of morpholine rings is 1. The number of nitrogens with one attached hydrogen (secondary N) is 2. The van der Waals surface area contributed by atoms with Gasteiger partial charge in [-0.15, -0.1) is 0 Å². The molecule has 1 aliphatic heterocycles. The van der Waals surface area contributed by atoms with Crippen LogP contribution in [0.25, 0.3) is 10.9 Å². The molecular formula is C27H33N5O6. The molecule has 0 saturated carbocycles. The Morgan fingerprint density at radius 3 is 2.63 bits per heavy atom. The highest BCUT2D eigenvalue weighted by atomic mass is 16.5. The number of hydrogen-bond acceptors (Lipinski definition) is 10. The number of fused-ring (bicyclic) bond motifs is 1. The summed E-state index contributed by atoms with van der Waals surface area (Å²) in [6.07, 6.45) is 2.47. The maximum atomic E-state index is 12.1. The molecule has 0 spiro atoms. The molecule has 2 N–H and O–H groups in total. The van der Waals surface area contributed by atoms with Gasteiger partial charge in [-0.3, -0.25) is 14.5 Å². The SMILES string of the molecule is CCC(=O)Oc1c(NC(C)=O)cccc1Nc1ncnc2cc(OC)c(OCCCN3CCOCC3)cc12. The van der Waals surface area contributed by atoms with Crippen molar-refractivity contribution in [2.24, 2.45) is 0 Å². The van der Waals surface area contributed by atoms with Crippen LogP contribution in [0.4, 0.5) is 17.2 Å². The van der Waals surface area contributed by atoms with E-state index >= 15 is 0 Å². The standard InChI is InChI=1S/C27H33N5O6/c1-4-25(34)38-26-20(30-18(2)33)7-5-8-21(26)31-27-19-15-24(23(35-3)16-22(19)28-17-29-27)37-12-6-9-32-10-13-36-14-11-32/h5,7-8,15-17H,4,6,9-14H2,1-3H3,(H,30,33)(H,28,29,31). The molecule has 0 atom stereocenters. The van der Waals surface area contributed by atoms with Crippen molar-refractivity contribution >= 4 is 40.0 Å². The lowest BCUT2D eigenvalue weighted by molar-refractivity contribution is -0.134. The summed E-state index contributed by atoms with van der Waals surface area (Å²) < 4.78 is 22.6. The topological polar surface area (TPSA) is 124 Å². The van der Waals surface area contributed by atoms with E-state index in [1.807, 2.05) is 6.07 Å². The van der Waals surface area contributed by atoms with E-state index in [-0.39, 0.29) is 18.1 Å². The van der Waals surface area contributed by atoms with Gasteiger partial charge in [0, 0.05) is 44.4 Å². The summed E-state index contributed by atoms with van der Waals surface area (Å²) in [5, 5.41) is 6.64. The molecule has 1 aromatic heterocycles. The van der Waals surface area contributed by atoms with Gasteiger partial charge in [0.2, 0.25) is 5.91 Å². The lowest BCUT2D eigenvalue weighted by Gasteiger charge is -2.26. The number of methoxy groups -OCH3 is 1. The van der Waals surface area contributed by atoms with Gasteiger partial charge in [0.1, 0.15) is 12.1 Å². The first-order chi connectivity index (χ1) is 18.5. The van der Waals surface area contributed by atoms with Crippen LogP contribution in [0.1, 0.15) is 26.7 Å². The second kappa shape index (κ2) is 13.0. The minimum absolute atomic E-state index is 0.177. The van der Waals surface area contributed by atoms with Crippen LogP contribution in [0.5, 0.6) is 17.2 Å². The molecule has 0 radical (unpaired) electrons. The minimum atomic E-state index is -0.434. The molecule has 3 aromatic rings. The summed E-state index contributed by atoms with van der Waals surface area (Å²) in [7, 11) is 1.59. The highest BCUT2D eigenvalue weighted by Crippen LogP contribution is 2.38. The van der Waals surface area contributed by atoms with Crippen molar-refractivity contribution in [1.29, 1.82) is 0 Å². The first-order valence-corrected chi connectivity index (χ1v) is 12.6. The normalized spacial score (nSPS) is 13.7. The van der Waals surface area contributed by atoms with E-state index in [0.717, 1.165) is 39.3 Å². The molecule has 0 aliphatic carbocycles. The second-order valence-electron chi connectivity index (χ2n) is 8.71. The third-order valence-corrected chi connectivity index (χ3v) is 5.98. The Kier molecular flexibility index (Phi) is 9.28. The molecule has 11 heteroatoms. The van der Waals surface area contributed by atoms with E-state index in [2.05, 4.69) is 25.5 Å². The quantitative estimate of drug-likeness (QED) is 0.218. The Balaban J connectivity index is 1.59. The monoisotopic (exact) mass is 523 g/mol. The molecule has 2 aromatic carbocycles. The molecule has 4 rings (SSSR count). The van der Waals surface area contributed by atoms with Crippen LogP contribution in [0.3, 0.4) is 0 Å². The fourth-order valence-corrected chi connectivity index (χ4v) is 4.08. The first kappa shape index (κ1) is 27.1. The number of nitrogens with zero attached hydrogens (tertiary/aromatic N) is 3. The van der Waals surface area contributed by atoms with Crippen LogP contribution in [0.2, 0.25) is 0 Å². The molecule has 0 bridgehead atoms. The number of benzene rings is 2. The fourth-order valence-electron chi connectivity index (χ4n) is 4.08. The van der Waals surface area contributed by atoms with E-state index in [4.69, 9.17) is 18.9 Å². The highest BCUT2D eigenvalue weighted by molar-refractivity contribution is 5.96. The predicted molar refractivity (Wildman–Crippen MR) is 143 cm³/mol. The fraction of sp³-hybridized carbons (Fsp3) is 0.407. The van der Waals surface area contributed by atoms with Gasteiger partial charge in [-0.2, -0.15) is 0 Å². The van der Waals surface area contributed by atoms with Crippen LogP contribution >= 0.6 is 0 Å². The van der Waals surface area contributed by atoms with Crippen molar-refractivity contribution in [3.05, 3.63) is 36.7 Å². The Morgan fingerprint density at radius 1 is 1.11 bits per heavy atom. The lowest BCUT2D eigenvalue weighted by Crippen LogP contribution is -2.37. The molecule has 1 amide bonds. The van der Waals surface area contributed by atoms with Crippen LogP contribution in [0.15, 0.2) is 36.7 Å². The number of carbonyl (C=O) groups excluding carboxylic acids is 2. The number of carbonyl (C=O) groups is 2. The Bertz CT molecular complexity index is 1280. The van der Waals surface area contributed by atoms with Gasteiger partial charge in [0.25, 0.3) is 0 Å². The van der Waals surface area contributed by atoms with Gasteiger partial charge in [0.05, 0.1) is 43.8 Å². The zero-order valence-electron chi connectivity index (χ0n) is 21.9. The van der Waals surface area contributed by atoms with Crippen LogP contribution in [-0.2, 0) is 14.3 Å². The van der Waals surface area contributed by atoms with Gasteiger partial charge in [-0.05, 0) is 24.6 Å². The number of esters is 1. The lowest BCUT2D eigenvalue weighted by atomic mass is 10.2. The van der Waals surface area contributed by atoms with E-state index in [9.17, 15) is 9.59 Å². The van der Waals surface area contributed by atoms with Gasteiger partial charge in [-0.25, -0.2) is 9.97 Å². The van der Waals surface area contributed by atoms with E-state index < -0.39 is 5.97 Å². The largest absolute Gasteiger partial charge is 0.493 e. The zero-order valence-corrected chi connectivity index (χ0v) is 21.9. The average Bonchev–Trinajstić information content (AvgIpc) is 2.92. The Hall–Kier alpha value is -3.96. The summed E-state index contributed by atoms with van der Waals surface area (Å²) in [4.78, 5) is 35.1. The van der Waals surface area contributed by atoms with Gasteiger partial charge in [0.15, 0.2) is 17.2 Å². The van der Waals surface area contributed by atoms with Crippen molar-refractivity contribution in [1.82, 2.24) is 14.9 Å². The van der Waals surface area contributed by atoms with Gasteiger partial charge in [-0.1, -0.05) is 13.0 Å². The maximum absolute atomic E-state index is 12.1. The van der Waals surface area contributed by atoms with E-state index in [1.165, 1.54) is 13.3 Å². The smallest absolute Gasteiger partial charge is 0.311 e. The summed E-state index contributed by atoms with van der Waals surface area (Å²) in [6.45, 7) is 7.94. The Labute approximate surface area is 221 Å². The third-order valence-electron chi connectivity index (χ3n) is 5.98. The second-order valence-corrected chi connectivity index (χ2v) is 8.71. The molecule has 202 valence electrons. The minimum Gasteiger partial charge on any atom is -0.493 e. The first-order valence-electron chi connectivity index (χ1n) is 12.6. The molecule has 1 aliphatic rings. The van der Waals surface area contributed by atoms with Crippen LogP contribution < -0.4 is 24.8 Å².